The van der Waals surface area contributed by atoms with E-state index in [1.807, 2.05) is 0 Å². The average Bonchev–Trinajstić information content (AvgIpc) is 2.99. The van der Waals surface area contributed by atoms with Crippen LogP contribution in [-0.4, -0.2) is 28.5 Å². The second-order valence-electron chi connectivity index (χ2n) is 5.66. The van der Waals surface area contributed by atoms with Crippen molar-refractivity contribution in [3.8, 4) is 0 Å². The normalized spacial score (nSPS) is 19.5. The molecule has 2 fully saturated rings. The number of hydrogen-bond acceptors (Lipinski definition) is 3. The number of imidazole rings is 1. The van der Waals surface area contributed by atoms with Crippen molar-refractivity contribution in [1.82, 2.24) is 14.7 Å². The van der Waals surface area contributed by atoms with Crippen LogP contribution in [0.15, 0.2) is 24.4 Å². The van der Waals surface area contributed by atoms with Gasteiger partial charge in [0.1, 0.15) is 5.65 Å². The fourth-order valence-electron chi connectivity index (χ4n) is 2.91. The van der Waals surface area contributed by atoms with E-state index in [0.717, 1.165) is 31.3 Å². The zero-order valence-electron chi connectivity index (χ0n) is 11.2. The van der Waals surface area contributed by atoms with Crippen LogP contribution in [0.3, 0.4) is 0 Å². The SMILES string of the molecule is c1ccn2c(CNC3CC3)c(N3CCCC3)nc2c1. The van der Waals surface area contributed by atoms with Crippen LogP contribution in [0.2, 0.25) is 0 Å². The lowest BCUT2D eigenvalue weighted by Crippen LogP contribution is -2.23. The van der Waals surface area contributed by atoms with Crippen molar-refractivity contribution >= 4 is 11.5 Å². The standard InChI is InChI=1S/C15H20N4/c1-2-10-19-13(11-16-12-6-7-12)15(17-14(19)5-1)18-8-3-4-9-18/h1-2,5,10,12,16H,3-4,6-9,11H2. The van der Waals surface area contributed by atoms with E-state index in [0.29, 0.717) is 0 Å². The molecule has 100 valence electrons. The number of aromatic nitrogens is 2. The molecule has 0 bridgehead atoms. The average molecular weight is 256 g/mol. The van der Waals surface area contributed by atoms with Crippen LogP contribution in [0.25, 0.3) is 5.65 Å². The van der Waals surface area contributed by atoms with Crippen LogP contribution in [0.4, 0.5) is 5.82 Å². The molecular formula is C15H20N4. The van der Waals surface area contributed by atoms with Gasteiger partial charge in [-0.2, -0.15) is 0 Å². The predicted molar refractivity (Wildman–Crippen MR) is 76.5 cm³/mol. The highest BCUT2D eigenvalue weighted by atomic mass is 15.2. The Balaban J connectivity index is 1.73. The quantitative estimate of drug-likeness (QED) is 0.910. The minimum atomic E-state index is 0.737. The molecule has 0 radical (unpaired) electrons. The van der Waals surface area contributed by atoms with E-state index in [2.05, 4.69) is 39.0 Å². The molecule has 4 rings (SSSR count). The molecule has 0 atom stereocenters. The molecule has 4 nitrogen and oxygen atoms in total. The number of nitrogens with one attached hydrogen (secondary N) is 1. The Labute approximate surface area is 113 Å². The Bertz CT molecular complexity index is 579. The number of pyridine rings is 1. The maximum Gasteiger partial charge on any atom is 0.152 e. The largest absolute Gasteiger partial charge is 0.355 e. The van der Waals surface area contributed by atoms with Gasteiger partial charge in [0.15, 0.2) is 5.82 Å². The molecule has 2 aromatic heterocycles. The van der Waals surface area contributed by atoms with Gasteiger partial charge in [0.25, 0.3) is 0 Å². The molecule has 3 heterocycles. The van der Waals surface area contributed by atoms with Crippen molar-refractivity contribution in [2.24, 2.45) is 0 Å². The van der Waals surface area contributed by atoms with Gasteiger partial charge in [-0.3, -0.25) is 0 Å². The topological polar surface area (TPSA) is 32.6 Å². The Morgan fingerprint density at radius 3 is 2.84 bits per heavy atom. The fourth-order valence-corrected chi connectivity index (χ4v) is 2.91. The molecule has 2 aromatic rings. The molecule has 1 aliphatic heterocycles. The number of fused-ring (bicyclic) bond motifs is 1. The molecule has 1 saturated carbocycles. The zero-order chi connectivity index (χ0) is 12.7. The third kappa shape index (κ3) is 2.10. The number of nitrogens with zero attached hydrogens (tertiary/aromatic N) is 3. The Morgan fingerprint density at radius 1 is 1.21 bits per heavy atom. The second kappa shape index (κ2) is 4.53. The fraction of sp³-hybridized carbons (Fsp3) is 0.533. The maximum absolute atomic E-state index is 4.84. The monoisotopic (exact) mass is 256 g/mol. The third-order valence-electron chi connectivity index (χ3n) is 4.15. The summed E-state index contributed by atoms with van der Waals surface area (Å²) in [5.41, 5.74) is 2.39. The van der Waals surface area contributed by atoms with Gasteiger partial charge in [-0.25, -0.2) is 4.98 Å². The van der Waals surface area contributed by atoms with Gasteiger partial charge in [0.05, 0.1) is 5.69 Å². The van der Waals surface area contributed by atoms with Crippen LogP contribution in [-0.2, 0) is 6.54 Å². The predicted octanol–water partition coefficient (Wildman–Crippen LogP) is 2.19. The van der Waals surface area contributed by atoms with Crippen LogP contribution < -0.4 is 10.2 Å². The lowest BCUT2D eigenvalue weighted by Gasteiger charge is -2.16. The first-order chi connectivity index (χ1) is 9.42. The first-order valence-electron chi connectivity index (χ1n) is 7.36. The van der Waals surface area contributed by atoms with Crippen LogP contribution in [0, 0.1) is 0 Å². The first kappa shape index (κ1) is 11.3. The summed E-state index contributed by atoms with van der Waals surface area (Å²) < 4.78 is 2.24. The van der Waals surface area contributed by atoms with Crippen LogP contribution in [0.1, 0.15) is 31.4 Å². The summed E-state index contributed by atoms with van der Waals surface area (Å²) in [6, 6.07) is 6.98. The summed E-state index contributed by atoms with van der Waals surface area (Å²) in [5, 5.41) is 3.63. The van der Waals surface area contributed by atoms with Crippen molar-refractivity contribution < 1.29 is 0 Å². The first-order valence-corrected chi connectivity index (χ1v) is 7.36. The molecular weight excluding hydrogens is 236 g/mol. The van der Waals surface area contributed by atoms with Crippen LogP contribution >= 0.6 is 0 Å². The molecule has 0 amide bonds. The van der Waals surface area contributed by atoms with Gasteiger partial charge in [-0.1, -0.05) is 6.07 Å². The number of rotatable bonds is 4. The summed E-state index contributed by atoms with van der Waals surface area (Å²) >= 11 is 0. The lowest BCUT2D eigenvalue weighted by atomic mass is 10.3. The highest BCUT2D eigenvalue weighted by Gasteiger charge is 2.24. The second-order valence-corrected chi connectivity index (χ2v) is 5.66. The van der Waals surface area contributed by atoms with Gasteiger partial charge in [-0.15, -0.1) is 0 Å². The van der Waals surface area contributed by atoms with Crippen molar-refractivity contribution in [3.63, 3.8) is 0 Å². The molecule has 0 aromatic carbocycles. The molecule has 2 aliphatic rings. The Morgan fingerprint density at radius 2 is 2.05 bits per heavy atom. The van der Waals surface area contributed by atoms with Gasteiger partial charge in [0.2, 0.25) is 0 Å². The smallest absolute Gasteiger partial charge is 0.152 e. The molecule has 0 spiro atoms. The van der Waals surface area contributed by atoms with Crippen LogP contribution in [0.5, 0.6) is 0 Å². The molecule has 0 unspecified atom stereocenters. The minimum absolute atomic E-state index is 0.737. The van der Waals surface area contributed by atoms with E-state index in [1.165, 1.54) is 37.2 Å². The van der Waals surface area contributed by atoms with E-state index < -0.39 is 0 Å². The summed E-state index contributed by atoms with van der Waals surface area (Å²) in [5.74, 6) is 1.19. The maximum atomic E-state index is 4.84. The lowest BCUT2D eigenvalue weighted by molar-refractivity contribution is 0.668. The van der Waals surface area contributed by atoms with Gasteiger partial charge >= 0.3 is 0 Å². The van der Waals surface area contributed by atoms with Gasteiger partial charge < -0.3 is 14.6 Å². The highest BCUT2D eigenvalue weighted by molar-refractivity contribution is 5.56. The molecule has 19 heavy (non-hydrogen) atoms. The van der Waals surface area contributed by atoms with Gasteiger partial charge in [0, 0.05) is 31.9 Å². The zero-order valence-corrected chi connectivity index (χ0v) is 11.2. The van der Waals surface area contributed by atoms with E-state index in [9.17, 15) is 0 Å². The van der Waals surface area contributed by atoms with E-state index in [1.54, 1.807) is 0 Å². The summed E-state index contributed by atoms with van der Waals surface area (Å²) in [6.07, 6.45) is 7.38. The molecule has 1 N–H and O–H groups in total. The minimum Gasteiger partial charge on any atom is -0.355 e. The van der Waals surface area contributed by atoms with Gasteiger partial charge in [-0.05, 0) is 37.8 Å². The molecule has 4 heteroatoms. The molecule has 1 aliphatic carbocycles. The van der Waals surface area contributed by atoms with Crippen molar-refractivity contribution in [3.05, 3.63) is 30.1 Å². The Hall–Kier alpha value is -1.55. The summed E-state index contributed by atoms with van der Waals surface area (Å²) in [4.78, 5) is 7.28. The van der Waals surface area contributed by atoms with Crippen molar-refractivity contribution in [1.29, 1.82) is 0 Å². The summed E-state index contributed by atoms with van der Waals surface area (Å²) in [6.45, 7) is 3.24. The summed E-state index contributed by atoms with van der Waals surface area (Å²) in [7, 11) is 0. The number of hydrogen-bond donors (Lipinski definition) is 1. The van der Waals surface area contributed by atoms with E-state index in [-0.39, 0.29) is 0 Å². The van der Waals surface area contributed by atoms with Crippen molar-refractivity contribution in [2.45, 2.75) is 38.3 Å². The Kier molecular flexibility index (Phi) is 2.69. The van der Waals surface area contributed by atoms with E-state index in [4.69, 9.17) is 4.98 Å². The van der Waals surface area contributed by atoms with E-state index >= 15 is 0 Å². The van der Waals surface area contributed by atoms with Crippen molar-refractivity contribution in [2.75, 3.05) is 18.0 Å². The highest BCUT2D eigenvalue weighted by Crippen LogP contribution is 2.26. The third-order valence-corrected chi connectivity index (χ3v) is 4.15. The number of anilines is 1. The molecule has 1 saturated heterocycles.